The molecule has 2 aliphatic rings. The third kappa shape index (κ3) is 2.44. The average molecular weight is 300 g/mol. The van der Waals surface area contributed by atoms with Crippen LogP contribution in [0.25, 0.3) is 0 Å². The molecule has 2 aliphatic heterocycles. The summed E-state index contributed by atoms with van der Waals surface area (Å²) in [5.74, 6) is -0.793. The minimum atomic E-state index is -3.80. The summed E-state index contributed by atoms with van der Waals surface area (Å²) in [6, 6.07) is 2.74. The number of pyridine rings is 1. The average Bonchev–Trinajstić information content (AvgIpc) is 2.38. The Morgan fingerprint density at radius 3 is 2.65 bits per heavy atom. The third-order valence-corrected chi connectivity index (χ3v) is 5.57. The monoisotopic (exact) mass is 300 g/mol. The molecule has 0 radical (unpaired) electrons. The summed E-state index contributed by atoms with van der Waals surface area (Å²) < 4.78 is 39.4. The number of hydrogen-bond donors (Lipinski definition) is 1. The molecule has 8 heteroatoms. The molecule has 1 aromatic rings. The molecule has 0 bridgehead atoms. The number of aromatic nitrogens is 1. The molecule has 3 rings (SSSR count). The number of nitrogens with zero attached hydrogens (tertiary/aromatic N) is 3. The largest absolute Gasteiger partial charge is 0.314 e. The number of halogens is 1. The zero-order chi connectivity index (χ0) is 14.2. The van der Waals surface area contributed by atoms with Crippen LogP contribution in [0.5, 0.6) is 0 Å². The van der Waals surface area contributed by atoms with Gasteiger partial charge in [-0.3, -0.25) is 4.90 Å². The van der Waals surface area contributed by atoms with Gasteiger partial charge in [-0.15, -0.1) is 0 Å². The maximum atomic E-state index is 13.6. The van der Waals surface area contributed by atoms with Crippen molar-refractivity contribution >= 4 is 10.0 Å². The van der Waals surface area contributed by atoms with Gasteiger partial charge >= 0.3 is 0 Å². The first-order valence-corrected chi connectivity index (χ1v) is 8.08. The van der Waals surface area contributed by atoms with Crippen molar-refractivity contribution in [1.82, 2.24) is 19.5 Å². The van der Waals surface area contributed by atoms with E-state index < -0.39 is 20.9 Å². The van der Waals surface area contributed by atoms with Crippen LogP contribution in [-0.4, -0.2) is 67.9 Å². The predicted octanol–water partition coefficient (Wildman–Crippen LogP) is -0.501. The van der Waals surface area contributed by atoms with E-state index in [2.05, 4.69) is 15.2 Å². The fraction of sp³-hybridized carbons (Fsp3) is 0.583. The first kappa shape index (κ1) is 13.9. The van der Waals surface area contributed by atoms with Crippen LogP contribution in [-0.2, 0) is 10.0 Å². The van der Waals surface area contributed by atoms with Gasteiger partial charge in [-0.2, -0.15) is 4.31 Å². The predicted molar refractivity (Wildman–Crippen MR) is 71.2 cm³/mol. The van der Waals surface area contributed by atoms with Crippen molar-refractivity contribution in [3.8, 4) is 0 Å². The van der Waals surface area contributed by atoms with Gasteiger partial charge in [-0.05, 0) is 12.1 Å². The summed E-state index contributed by atoms with van der Waals surface area (Å²) in [6.07, 6.45) is 1.30. The van der Waals surface area contributed by atoms with Gasteiger partial charge in [-0.1, -0.05) is 0 Å². The van der Waals surface area contributed by atoms with E-state index in [-0.39, 0.29) is 6.04 Å². The lowest BCUT2D eigenvalue weighted by atomic mass is 10.1. The fourth-order valence-electron chi connectivity index (χ4n) is 2.57. The van der Waals surface area contributed by atoms with Crippen LogP contribution in [0.2, 0.25) is 0 Å². The van der Waals surface area contributed by atoms with Crippen LogP contribution in [0.1, 0.15) is 0 Å². The summed E-state index contributed by atoms with van der Waals surface area (Å²) in [4.78, 5) is 5.94. The molecule has 1 aromatic heterocycles. The minimum Gasteiger partial charge on any atom is -0.314 e. The Kier molecular flexibility index (Phi) is 3.72. The highest BCUT2D eigenvalue weighted by Crippen LogP contribution is 2.24. The summed E-state index contributed by atoms with van der Waals surface area (Å²) in [7, 11) is -3.80. The first-order valence-electron chi connectivity index (χ1n) is 6.64. The fourth-order valence-corrected chi connectivity index (χ4v) is 4.06. The summed E-state index contributed by atoms with van der Waals surface area (Å²) in [6.45, 7) is 4.54. The van der Waals surface area contributed by atoms with Crippen molar-refractivity contribution in [2.45, 2.75) is 11.1 Å². The second-order valence-corrected chi connectivity index (χ2v) is 6.91. The molecule has 0 atom stereocenters. The summed E-state index contributed by atoms with van der Waals surface area (Å²) in [5.41, 5.74) is 0. The van der Waals surface area contributed by atoms with Crippen LogP contribution in [0.3, 0.4) is 0 Å². The first-order chi connectivity index (χ1) is 9.59. The van der Waals surface area contributed by atoms with Gasteiger partial charge in [-0.25, -0.2) is 17.8 Å². The molecular weight excluding hydrogens is 283 g/mol. The highest BCUT2D eigenvalue weighted by atomic mass is 32.2. The Morgan fingerprint density at radius 2 is 2.00 bits per heavy atom. The van der Waals surface area contributed by atoms with Crippen molar-refractivity contribution in [3.63, 3.8) is 0 Å². The molecule has 0 spiro atoms. The molecule has 0 aromatic carbocycles. The van der Waals surface area contributed by atoms with E-state index in [0.717, 1.165) is 32.2 Å². The van der Waals surface area contributed by atoms with E-state index in [9.17, 15) is 12.8 Å². The molecular formula is C12H17FN4O2S. The normalized spacial score (nSPS) is 22.6. The molecule has 0 amide bonds. The Bertz CT molecular complexity index is 583. The number of nitrogens with one attached hydrogen (secondary N) is 1. The van der Waals surface area contributed by atoms with Gasteiger partial charge in [0, 0.05) is 51.5 Å². The number of sulfonamides is 1. The maximum absolute atomic E-state index is 13.6. The second kappa shape index (κ2) is 5.36. The lowest BCUT2D eigenvalue weighted by Gasteiger charge is -2.45. The minimum absolute atomic E-state index is 0.235. The van der Waals surface area contributed by atoms with Crippen LogP contribution >= 0.6 is 0 Å². The van der Waals surface area contributed by atoms with Crippen LogP contribution in [0.4, 0.5) is 4.39 Å². The van der Waals surface area contributed by atoms with E-state index in [0.29, 0.717) is 13.1 Å². The van der Waals surface area contributed by atoms with Gasteiger partial charge < -0.3 is 5.32 Å². The number of rotatable bonds is 3. The number of piperazine rings is 1. The Morgan fingerprint density at radius 1 is 1.30 bits per heavy atom. The highest BCUT2D eigenvalue weighted by molar-refractivity contribution is 7.89. The molecule has 2 fully saturated rings. The van der Waals surface area contributed by atoms with Gasteiger partial charge in [0.2, 0.25) is 5.03 Å². The van der Waals surface area contributed by atoms with Crippen molar-refractivity contribution < 1.29 is 12.8 Å². The second-order valence-electron chi connectivity index (χ2n) is 5.05. The smallest absolute Gasteiger partial charge is 0.263 e. The Balaban J connectivity index is 1.68. The van der Waals surface area contributed by atoms with Crippen molar-refractivity contribution in [2.24, 2.45) is 0 Å². The maximum Gasteiger partial charge on any atom is 0.263 e. The molecule has 6 nitrogen and oxygen atoms in total. The van der Waals surface area contributed by atoms with Gasteiger partial charge in [0.05, 0.1) is 0 Å². The zero-order valence-electron chi connectivity index (χ0n) is 11.0. The molecule has 110 valence electrons. The Hall–Kier alpha value is -1.09. The van der Waals surface area contributed by atoms with Crippen molar-refractivity contribution in [1.29, 1.82) is 0 Å². The van der Waals surface area contributed by atoms with E-state index in [4.69, 9.17) is 0 Å². The quantitative estimate of drug-likeness (QED) is 0.815. The van der Waals surface area contributed by atoms with Gasteiger partial charge in [0.1, 0.15) is 0 Å². The van der Waals surface area contributed by atoms with Gasteiger partial charge in [0.15, 0.2) is 5.82 Å². The molecule has 0 unspecified atom stereocenters. The zero-order valence-corrected chi connectivity index (χ0v) is 11.8. The van der Waals surface area contributed by atoms with E-state index in [1.807, 2.05) is 0 Å². The topological polar surface area (TPSA) is 65.5 Å². The van der Waals surface area contributed by atoms with Crippen molar-refractivity contribution in [2.75, 3.05) is 39.3 Å². The van der Waals surface area contributed by atoms with Crippen LogP contribution in [0.15, 0.2) is 23.4 Å². The molecule has 2 saturated heterocycles. The molecule has 0 saturated carbocycles. The molecule has 0 aliphatic carbocycles. The van der Waals surface area contributed by atoms with E-state index in [1.165, 1.54) is 16.6 Å². The standard InChI is InChI=1S/C12H17FN4O2S/c13-11-2-1-3-15-12(11)20(18,19)17-8-10(9-17)16-6-4-14-5-7-16/h1-3,10,14H,4-9H2. The van der Waals surface area contributed by atoms with Gasteiger partial charge in [0.25, 0.3) is 10.0 Å². The summed E-state index contributed by atoms with van der Waals surface area (Å²) in [5, 5.41) is 2.79. The molecule has 20 heavy (non-hydrogen) atoms. The third-order valence-electron chi connectivity index (χ3n) is 3.81. The van der Waals surface area contributed by atoms with E-state index in [1.54, 1.807) is 0 Å². The SMILES string of the molecule is O=S(=O)(c1ncccc1F)N1CC(N2CCNCC2)C1. The lowest BCUT2D eigenvalue weighted by molar-refractivity contribution is 0.0770. The number of hydrogen-bond acceptors (Lipinski definition) is 5. The van der Waals surface area contributed by atoms with Crippen LogP contribution in [0, 0.1) is 5.82 Å². The molecule has 3 heterocycles. The van der Waals surface area contributed by atoms with Crippen molar-refractivity contribution in [3.05, 3.63) is 24.1 Å². The summed E-state index contributed by atoms with van der Waals surface area (Å²) >= 11 is 0. The van der Waals surface area contributed by atoms with E-state index >= 15 is 0 Å². The van der Waals surface area contributed by atoms with Crippen LogP contribution < -0.4 is 5.32 Å². The molecule has 1 N–H and O–H groups in total. The highest BCUT2D eigenvalue weighted by Gasteiger charge is 2.41. The lowest BCUT2D eigenvalue weighted by Crippen LogP contribution is -2.63. The Labute approximate surface area is 117 Å².